The van der Waals surface area contributed by atoms with E-state index in [1.165, 1.54) is 0 Å². The van der Waals surface area contributed by atoms with Gasteiger partial charge in [-0.1, -0.05) is 27.7 Å². The highest BCUT2D eigenvalue weighted by Gasteiger charge is 2.21. The Morgan fingerprint density at radius 2 is 2.21 bits per heavy atom. The third-order valence-electron chi connectivity index (χ3n) is 2.86. The Morgan fingerprint density at radius 1 is 1.53 bits per heavy atom. The summed E-state index contributed by atoms with van der Waals surface area (Å²) in [4.78, 5) is 16.2. The van der Waals surface area contributed by atoms with Gasteiger partial charge in [0.15, 0.2) is 0 Å². The maximum Gasteiger partial charge on any atom is 0.237 e. The molecule has 0 saturated carbocycles. The van der Waals surface area contributed by atoms with E-state index in [0.717, 1.165) is 18.8 Å². The van der Waals surface area contributed by atoms with Crippen molar-refractivity contribution in [3.63, 3.8) is 0 Å². The Balaban J connectivity index is 2.47. The summed E-state index contributed by atoms with van der Waals surface area (Å²) in [6, 6.07) is -0.463. The summed E-state index contributed by atoms with van der Waals surface area (Å²) in [6.45, 7) is 9.70. The molecule has 1 aromatic rings. The molecule has 0 fully saturated rings. The number of nitrogens with one attached hydrogen (secondary N) is 1. The van der Waals surface area contributed by atoms with Gasteiger partial charge in [0.1, 0.15) is 5.82 Å². The molecular formula is C14H26N4O. The predicted molar refractivity (Wildman–Crippen MR) is 76.4 cm³/mol. The Labute approximate surface area is 115 Å². The summed E-state index contributed by atoms with van der Waals surface area (Å²) in [5.74, 6) is 0.763. The van der Waals surface area contributed by atoms with Crippen molar-refractivity contribution in [2.45, 2.75) is 59.7 Å². The van der Waals surface area contributed by atoms with Gasteiger partial charge in [0, 0.05) is 18.9 Å². The van der Waals surface area contributed by atoms with Crippen LogP contribution >= 0.6 is 0 Å². The van der Waals surface area contributed by atoms with Crippen LogP contribution in [0.1, 0.15) is 46.4 Å². The summed E-state index contributed by atoms with van der Waals surface area (Å²) in [7, 11) is 0. The smallest absolute Gasteiger partial charge is 0.237 e. The van der Waals surface area contributed by atoms with Gasteiger partial charge in [-0.05, 0) is 18.3 Å². The summed E-state index contributed by atoms with van der Waals surface area (Å²) < 4.78 is 2.05. The summed E-state index contributed by atoms with van der Waals surface area (Å²) in [6.07, 6.45) is 5.40. The topological polar surface area (TPSA) is 72.9 Å². The van der Waals surface area contributed by atoms with Gasteiger partial charge in [0.25, 0.3) is 0 Å². The first-order chi connectivity index (χ1) is 8.83. The van der Waals surface area contributed by atoms with Crippen LogP contribution in [0, 0.1) is 5.41 Å². The van der Waals surface area contributed by atoms with Crippen LogP contribution in [0.25, 0.3) is 0 Å². The number of hydrogen-bond donors (Lipinski definition) is 2. The number of hydrogen-bond acceptors (Lipinski definition) is 3. The van der Waals surface area contributed by atoms with Gasteiger partial charge in [-0.2, -0.15) is 0 Å². The highest BCUT2D eigenvalue weighted by atomic mass is 16.2. The van der Waals surface area contributed by atoms with E-state index in [9.17, 15) is 4.79 Å². The molecule has 5 nitrogen and oxygen atoms in total. The van der Waals surface area contributed by atoms with Gasteiger partial charge in [0.05, 0.1) is 12.6 Å². The predicted octanol–water partition coefficient (Wildman–Crippen LogP) is 1.67. The molecule has 0 radical (unpaired) electrons. The Morgan fingerprint density at radius 3 is 2.79 bits per heavy atom. The Hall–Kier alpha value is -1.36. The van der Waals surface area contributed by atoms with E-state index in [0.29, 0.717) is 13.0 Å². The minimum atomic E-state index is -0.463. The number of rotatable bonds is 6. The van der Waals surface area contributed by atoms with E-state index in [4.69, 9.17) is 5.73 Å². The third kappa shape index (κ3) is 5.42. The molecule has 0 aliphatic rings. The van der Waals surface area contributed by atoms with Crippen molar-refractivity contribution >= 4 is 5.91 Å². The van der Waals surface area contributed by atoms with Gasteiger partial charge in [-0.25, -0.2) is 4.98 Å². The lowest BCUT2D eigenvalue weighted by molar-refractivity contribution is -0.123. The third-order valence-corrected chi connectivity index (χ3v) is 2.86. The van der Waals surface area contributed by atoms with E-state index < -0.39 is 6.04 Å². The summed E-state index contributed by atoms with van der Waals surface area (Å²) in [5, 5.41) is 2.86. The van der Waals surface area contributed by atoms with Crippen LogP contribution in [0.3, 0.4) is 0 Å². The van der Waals surface area contributed by atoms with E-state index in [1.807, 2.05) is 6.20 Å². The van der Waals surface area contributed by atoms with Crippen LogP contribution in [0.15, 0.2) is 12.4 Å². The molecule has 0 aliphatic heterocycles. The Kier molecular flexibility index (Phi) is 5.54. The zero-order chi connectivity index (χ0) is 14.5. The molecule has 0 spiro atoms. The number of carbonyl (C=O) groups excluding carboxylic acids is 1. The quantitative estimate of drug-likeness (QED) is 0.822. The van der Waals surface area contributed by atoms with E-state index in [2.05, 4.69) is 42.6 Å². The lowest BCUT2D eigenvalue weighted by Crippen LogP contribution is -2.42. The first-order valence-electron chi connectivity index (χ1n) is 6.87. The monoisotopic (exact) mass is 266 g/mol. The lowest BCUT2D eigenvalue weighted by atomic mass is 9.88. The standard InChI is InChI=1S/C14H26N4O/c1-5-7-18-8-6-16-12(18)10-17-13(19)11(15)9-14(2,3)4/h6,8,11H,5,7,9-10,15H2,1-4H3,(H,17,19)/t11-/m1/s1. The molecule has 19 heavy (non-hydrogen) atoms. The SMILES string of the molecule is CCCn1ccnc1CNC(=O)[C@H](N)CC(C)(C)C. The average molecular weight is 266 g/mol. The van der Waals surface area contributed by atoms with Gasteiger partial charge in [-0.3, -0.25) is 4.79 Å². The molecule has 0 saturated heterocycles. The normalized spacial score (nSPS) is 13.3. The highest BCUT2D eigenvalue weighted by Crippen LogP contribution is 2.19. The molecule has 0 bridgehead atoms. The zero-order valence-corrected chi connectivity index (χ0v) is 12.4. The number of aromatic nitrogens is 2. The highest BCUT2D eigenvalue weighted by molar-refractivity contribution is 5.81. The fourth-order valence-electron chi connectivity index (χ4n) is 2.00. The summed E-state index contributed by atoms with van der Waals surface area (Å²) in [5.41, 5.74) is 5.95. The van der Waals surface area contributed by atoms with Gasteiger partial charge >= 0.3 is 0 Å². The van der Waals surface area contributed by atoms with Crippen LogP contribution in [-0.4, -0.2) is 21.5 Å². The number of carbonyl (C=O) groups is 1. The van der Waals surface area contributed by atoms with E-state index in [1.54, 1.807) is 6.20 Å². The minimum Gasteiger partial charge on any atom is -0.348 e. The second kappa shape index (κ2) is 6.70. The molecule has 0 unspecified atom stereocenters. The van der Waals surface area contributed by atoms with Crippen LogP contribution in [0.2, 0.25) is 0 Å². The zero-order valence-electron chi connectivity index (χ0n) is 12.4. The molecular weight excluding hydrogens is 240 g/mol. The summed E-state index contributed by atoms with van der Waals surface area (Å²) >= 11 is 0. The molecule has 0 aromatic carbocycles. The minimum absolute atomic E-state index is 0.0530. The van der Waals surface area contributed by atoms with Crippen LogP contribution in [0.4, 0.5) is 0 Å². The van der Waals surface area contributed by atoms with E-state index in [-0.39, 0.29) is 11.3 Å². The van der Waals surface area contributed by atoms with Crippen molar-refractivity contribution in [2.24, 2.45) is 11.1 Å². The number of nitrogens with zero attached hydrogens (tertiary/aromatic N) is 2. The van der Waals surface area contributed by atoms with Gasteiger partial charge in [-0.15, -0.1) is 0 Å². The van der Waals surface area contributed by atoms with Gasteiger partial charge < -0.3 is 15.6 Å². The van der Waals surface area contributed by atoms with Crippen molar-refractivity contribution in [1.29, 1.82) is 0 Å². The number of imidazole rings is 1. The maximum atomic E-state index is 11.9. The largest absolute Gasteiger partial charge is 0.348 e. The second-order valence-electron chi connectivity index (χ2n) is 6.13. The number of nitrogens with two attached hydrogens (primary N) is 1. The fourth-order valence-corrected chi connectivity index (χ4v) is 2.00. The van der Waals surface area contributed by atoms with Crippen molar-refractivity contribution in [3.8, 4) is 0 Å². The van der Waals surface area contributed by atoms with Crippen molar-refractivity contribution in [2.75, 3.05) is 0 Å². The molecule has 1 aromatic heterocycles. The average Bonchev–Trinajstić information content (AvgIpc) is 2.71. The Bertz CT molecular complexity index is 406. The van der Waals surface area contributed by atoms with Crippen LogP contribution in [-0.2, 0) is 17.9 Å². The molecule has 1 atom stereocenters. The lowest BCUT2D eigenvalue weighted by Gasteiger charge is -2.22. The second-order valence-corrected chi connectivity index (χ2v) is 6.13. The molecule has 3 N–H and O–H groups in total. The molecule has 108 valence electrons. The number of aryl methyl sites for hydroxylation is 1. The molecule has 5 heteroatoms. The molecule has 1 amide bonds. The van der Waals surface area contributed by atoms with Crippen LogP contribution < -0.4 is 11.1 Å². The molecule has 0 aliphatic carbocycles. The molecule has 1 rings (SSSR count). The van der Waals surface area contributed by atoms with Crippen LogP contribution in [0.5, 0.6) is 0 Å². The van der Waals surface area contributed by atoms with Crippen molar-refractivity contribution in [1.82, 2.24) is 14.9 Å². The van der Waals surface area contributed by atoms with Crippen molar-refractivity contribution < 1.29 is 4.79 Å². The van der Waals surface area contributed by atoms with E-state index >= 15 is 0 Å². The van der Waals surface area contributed by atoms with Gasteiger partial charge in [0.2, 0.25) is 5.91 Å². The fraction of sp³-hybridized carbons (Fsp3) is 0.714. The number of amides is 1. The maximum absolute atomic E-state index is 11.9. The first kappa shape index (κ1) is 15.7. The molecule has 1 heterocycles. The van der Waals surface area contributed by atoms with Crippen molar-refractivity contribution in [3.05, 3.63) is 18.2 Å². The first-order valence-corrected chi connectivity index (χ1v) is 6.87.